The van der Waals surface area contributed by atoms with Gasteiger partial charge >= 0.3 is 0 Å². The molecule has 8 heteroatoms. The molecule has 4 heterocycles. The Labute approximate surface area is 170 Å². The molecule has 1 aromatic carbocycles. The molecular formula is C20H17ClN4O2S. The van der Waals surface area contributed by atoms with Crippen LogP contribution in [0.2, 0.25) is 5.02 Å². The molecule has 0 radical (unpaired) electrons. The molecule has 3 aromatic heterocycles. The third-order valence-corrected chi connectivity index (χ3v) is 6.26. The molecule has 0 spiro atoms. The van der Waals surface area contributed by atoms with E-state index in [1.54, 1.807) is 29.8 Å². The highest BCUT2D eigenvalue weighted by molar-refractivity contribution is 7.16. The lowest BCUT2D eigenvalue weighted by molar-refractivity contribution is 0.0716. The van der Waals surface area contributed by atoms with Gasteiger partial charge in [-0.1, -0.05) is 11.6 Å². The number of furan rings is 1. The van der Waals surface area contributed by atoms with Gasteiger partial charge < -0.3 is 14.2 Å². The van der Waals surface area contributed by atoms with Gasteiger partial charge in [-0.25, -0.2) is 9.97 Å². The molecular weight excluding hydrogens is 396 g/mol. The zero-order chi connectivity index (χ0) is 19.3. The molecule has 28 heavy (non-hydrogen) atoms. The molecule has 0 unspecified atom stereocenters. The second kappa shape index (κ2) is 6.76. The fourth-order valence-electron chi connectivity index (χ4n) is 3.69. The van der Waals surface area contributed by atoms with Gasteiger partial charge in [-0.05, 0) is 36.6 Å². The number of aryl methyl sites for hydroxylation is 1. The van der Waals surface area contributed by atoms with Crippen molar-refractivity contribution in [1.82, 2.24) is 14.9 Å². The molecule has 1 fully saturated rings. The van der Waals surface area contributed by atoms with Crippen LogP contribution in [0.25, 0.3) is 21.2 Å². The van der Waals surface area contributed by atoms with Crippen LogP contribution in [0, 0.1) is 6.92 Å². The summed E-state index contributed by atoms with van der Waals surface area (Å²) in [7, 11) is 0. The van der Waals surface area contributed by atoms with E-state index in [0.717, 1.165) is 40.1 Å². The summed E-state index contributed by atoms with van der Waals surface area (Å²) in [4.78, 5) is 26.9. The lowest BCUT2D eigenvalue weighted by Crippen LogP contribution is -2.49. The Bertz CT molecular complexity index is 1190. The Morgan fingerprint density at radius 1 is 1.14 bits per heavy atom. The Balaban J connectivity index is 1.36. The number of piperazine rings is 1. The first kappa shape index (κ1) is 17.5. The smallest absolute Gasteiger partial charge is 0.290 e. The van der Waals surface area contributed by atoms with Crippen molar-refractivity contribution in [3.8, 4) is 0 Å². The maximum atomic E-state index is 13.0. The largest absolute Gasteiger partial charge is 0.451 e. The molecule has 0 N–H and O–H groups in total. The Morgan fingerprint density at radius 2 is 1.96 bits per heavy atom. The maximum absolute atomic E-state index is 13.0. The van der Waals surface area contributed by atoms with Crippen molar-refractivity contribution in [3.63, 3.8) is 0 Å². The van der Waals surface area contributed by atoms with Gasteiger partial charge in [-0.3, -0.25) is 4.79 Å². The van der Waals surface area contributed by atoms with Crippen molar-refractivity contribution in [2.24, 2.45) is 0 Å². The van der Waals surface area contributed by atoms with Crippen molar-refractivity contribution in [2.45, 2.75) is 6.92 Å². The van der Waals surface area contributed by atoms with Gasteiger partial charge in [0.1, 0.15) is 22.6 Å². The number of anilines is 1. The van der Waals surface area contributed by atoms with E-state index in [2.05, 4.69) is 20.9 Å². The summed E-state index contributed by atoms with van der Waals surface area (Å²) in [6, 6.07) is 7.47. The Morgan fingerprint density at radius 3 is 2.79 bits per heavy atom. The van der Waals surface area contributed by atoms with Crippen LogP contribution in [0.3, 0.4) is 0 Å². The van der Waals surface area contributed by atoms with Crippen LogP contribution in [0.5, 0.6) is 0 Å². The minimum absolute atomic E-state index is 0.0761. The topological polar surface area (TPSA) is 62.5 Å². The summed E-state index contributed by atoms with van der Waals surface area (Å²) >= 11 is 7.69. The molecule has 4 aromatic rings. The van der Waals surface area contributed by atoms with Crippen LogP contribution >= 0.6 is 22.9 Å². The second-order valence-electron chi connectivity index (χ2n) is 6.81. The van der Waals surface area contributed by atoms with Crippen LogP contribution in [-0.4, -0.2) is 47.0 Å². The van der Waals surface area contributed by atoms with Gasteiger partial charge in [0.2, 0.25) is 0 Å². The molecule has 1 aliphatic rings. The van der Waals surface area contributed by atoms with E-state index in [0.29, 0.717) is 29.5 Å². The normalized spacial score (nSPS) is 14.9. The molecule has 1 saturated heterocycles. The van der Waals surface area contributed by atoms with Crippen LogP contribution in [0.4, 0.5) is 5.82 Å². The summed E-state index contributed by atoms with van der Waals surface area (Å²) in [5, 5.41) is 4.61. The number of nitrogens with zero attached hydrogens (tertiary/aromatic N) is 4. The average Bonchev–Trinajstić information content (AvgIpc) is 3.32. The summed E-state index contributed by atoms with van der Waals surface area (Å²) < 4.78 is 5.84. The number of aromatic nitrogens is 2. The fraction of sp³-hybridized carbons (Fsp3) is 0.250. The number of halogens is 1. The van der Waals surface area contributed by atoms with Gasteiger partial charge in [0.25, 0.3) is 5.91 Å². The van der Waals surface area contributed by atoms with E-state index >= 15 is 0 Å². The van der Waals surface area contributed by atoms with Crippen LogP contribution in [0.1, 0.15) is 16.1 Å². The predicted molar refractivity (Wildman–Crippen MR) is 111 cm³/mol. The standard InChI is InChI=1S/C20H17ClN4O2S/c1-12-15-10-13(21)2-3-16(15)27-17(12)20(26)25-7-5-24(6-8-25)18-14-4-9-28-19(14)23-11-22-18/h2-4,9-11H,5-8H2,1H3. The second-order valence-corrected chi connectivity index (χ2v) is 8.14. The van der Waals surface area contributed by atoms with Crippen molar-refractivity contribution >= 4 is 55.8 Å². The van der Waals surface area contributed by atoms with E-state index in [1.807, 2.05) is 23.3 Å². The number of carbonyl (C=O) groups is 1. The molecule has 142 valence electrons. The number of carbonyl (C=O) groups excluding carboxylic acids is 1. The van der Waals surface area contributed by atoms with E-state index in [1.165, 1.54) is 0 Å². The monoisotopic (exact) mass is 412 g/mol. The van der Waals surface area contributed by atoms with Gasteiger partial charge in [-0.2, -0.15) is 0 Å². The van der Waals surface area contributed by atoms with Crippen LogP contribution in [-0.2, 0) is 0 Å². The molecule has 6 nitrogen and oxygen atoms in total. The van der Waals surface area contributed by atoms with Crippen molar-refractivity contribution in [2.75, 3.05) is 31.1 Å². The highest BCUT2D eigenvalue weighted by Gasteiger charge is 2.27. The lowest BCUT2D eigenvalue weighted by Gasteiger charge is -2.35. The predicted octanol–water partition coefficient (Wildman–Crippen LogP) is 4.36. The molecule has 0 atom stereocenters. The molecule has 0 bridgehead atoms. The van der Waals surface area contributed by atoms with Gasteiger partial charge in [0.05, 0.1) is 5.39 Å². The fourth-order valence-corrected chi connectivity index (χ4v) is 4.59. The number of hydrogen-bond acceptors (Lipinski definition) is 6. The van der Waals surface area contributed by atoms with Gasteiger partial charge in [-0.15, -0.1) is 11.3 Å². The van der Waals surface area contributed by atoms with E-state index in [4.69, 9.17) is 16.0 Å². The summed E-state index contributed by atoms with van der Waals surface area (Å²) in [5.74, 6) is 1.26. The van der Waals surface area contributed by atoms with Crippen LogP contribution < -0.4 is 4.90 Å². The molecule has 0 aliphatic carbocycles. The third-order valence-electron chi connectivity index (χ3n) is 5.20. The first-order valence-corrected chi connectivity index (χ1v) is 10.3. The van der Waals surface area contributed by atoms with Crippen molar-refractivity contribution in [1.29, 1.82) is 0 Å². The minimum atomic E-state index is -0.0761. The zero-order valence-corrected chi connectivity index (χ0v) is 16.8. The minimum Gasteiger partial charge on any atom is -0.451 e. The average molecular weight is 413 g/mol. The molecule has 1 aliphatic heterocycles. The summed E-state index contributed by atoms with van der Waals surface area (Å²) in [6.07, 6.45) is 1.61. The number of thiophene rings is 1. The van der Waals surface area contributed by atoms with Gasteiger partial charge in [0, 0.05) is 42.2 Å². The van der Waals surface area contributed by atoms with Crippen LogP contribution in [0.15, 0.2) is 40.4 Å². The van der Waals surface area contributed by atoms with Gasteiger partial charge in [0.15, 0.2) is 5.76 Å². The van der Waals surface area contributed by atoms with E-state index in [-0.39, 0.29) is 5.91 Å². The number of benzene rings is 1. The van der Waals surface area contributed by atoms with E-state index < -0.39 is 0 Å². The van der Waals surface area contributed by atoms with Crippen molar-refractivity contribution < 1.29 is 9.21 Å². The SMILES string of the molecule is Cc1c(C(=O)N2CCN(c3ncnc4sccc34)CC2)oc2ccc(Cl)cc12. The first-order chi connectivity index (χ1) is 13.6. The number of fused-ring (bicyclic) bond motifs is 2. The number of amides is 1. The maximum Gasteiger partial charge on any atom is 0.290 e. The number of rotatable bonds is 2. The molecule has 0 saturated carbocycles. The zero-order valence-electron chi connectivity index (χ0n) is 15.2. The molecule has 5 rings (SSSR count). The number of hydrogen-bond donors (Lipinski definition) is 0. The highest BCUT2D eigenvalue weighted by atomic mass is 35.5. The summed E-state index contributed by atoms with van der Waals surface area (Å²) in [5.41, 5.74) is 1.52. The highest BCUT2D eigenvalue weighted by Crippen LogP contribution is 2.30. The summed E-state index contributed by atoms with van der Waals surface area (Å²) in [6.45, 7) is 4.58. The Hall–Kier alpha value is -2.64. The quantitative estimate of drug-likeness (QED) is 0.489. The van der Waals surface area contributed by atoms with E-state index in [9.17, 15) is 4.79 Å². The lowest BCUT2D eigenvalue weighted by atomic mass is 10.1. The van der Waals surface area contributed by atoms with Crippen molar-refractivity contribution in [3.05, 3.63) is 52.3 Å². The first-order valence-electron chi connectivity index (χ1n) is 9.03. The molecule has 1 amide bonds. The Kier molecular flexibility index (Phi) is 4.21. The third kappa shape index (κ3) is 2.82.